The summed E-state index contributed by atoms with van der Waals surface area (Å²) in [6.45, 7) is 0. The Hall–Kier alpha value is -2.00. The lowest BCUT2D eigenvalue weighted by Crippen LogP contribution is -3.00. The van der Waals surface area contributed by atoms with Gasteiger partial charge in [0.1, 0.15) is 12.1 Å². The van der Waals surface area contributed by atoms with Crippen LogP contribution in [0.4, 0.5) is 0 Å². The van der Waals surface area contributed by atoms with E-state index in [0.717, 1.165) is 0 Å². The van der Waals surface area contributed by atoms with Crippen molar-refractivity contribution in [3.8, 4) is 0 Å². The molecule has 3 rings (SSSR count). The van der Waals surface area contributed by atoms with E-state index in [4.69, 9.17) is 0 Å². The van der Waals surface area contributed by atoms with Crippen molar-refractivity contribution in [2.24, 2.45) is 0 Å². The molecular formula is C19H24ClN3. The van der Waals surface area contributed by atoms with Gasteiger partial charge in [-0.3, -0.25) is 14.4 Å². The van der Waals surface area contributed by atoms with Gasteiger partial charge < -0.3 is 12.4 Å². The van der Waals surface area contributed by atoms with Crippen LogP contribution in [0.15, 0.2) is 60.7 Å². The van der Waals surface area contributed by atoms with Gasteiger partial charge in [-0.25, -0.2) is 0 Å². The van der Waals surface area contributed by atoms with Crippen LogP contribution >= 0.6 is 0 Å². The molecule has 1 aliphatic heterocycles. The topological polar surface area (TPSA) is 9.49 Å². The van der Waals surface area contributed by atoms with Crippen LogP contribution in [0.25, 0.3) is 0 Å². The first-order chi connectivity index (χ1) is 10.6. The second-order valence-corrected chi connectivity index (χ2v) is 6.13. The molecule has 0 spiro atoms. The van der Waals surface area contributed by atoms with Crippen LogP contribution in [0.2, 0.25) is 0 Å². The minimum atomic E-state index is 0. The summed E-state index contributed by atoms with van der Waals surface area (Å²) in [6.07, 6.45) is 0. The van der Waals surface area contributed by atoms with Crippen LogP contribution < -0.4 is 12.4 Å². The fourth-order valence-corrected chi connectivity index (χ4v) is 3.66. The highest BCUT2D eigenvalue weighted by Crippen LogP contribution is 2.42. The predicted octanol–water partition coefficient (Wildman–Crippen LogP) is -0.0217. The number of hydrogen-bond acceptors (Lipinski definition) is 0. The molecule has 0 aromatic heterocycles. The molecule has 3 nitrogen and oxygen atoms in total. The van der Waals surface area contributed by atoms with E-state index >= 15 is 0 Å². The lowest BCUT2D eigenvalue weighted by molar-refractivity contribution is -0.474. The largest absolute Gasteiger partial charge is 1.00 e. The zero-order chi connectivity index (χ0) is 15.7. The highest BCUT2D eigenvalue weighted by molar-refractivity contribution is 5.79. The van der Waals surface area contributed by atoms with Gasteiger partial charge in [0, 0.05) is 0 Å². The highest BCUT2D eigenvalue weighted by atomic mass is 35.5. The van der Waals surface area contributed by atoms with Gasteiger partial charge >= 0.3 is 5.96 Å². The zero-order valence-electron chi connectivity index (χ0n) is 14.1. The quantitative estimate of drug-likeness (QED) is 0.716. The number of rotatable bonds is 2. The van der Waals surface area contributed by atoms with Crippen molar-refractivity contribution in [3.63, 3.8) is 0 Å². The molecule has 1 aliphatic rings. The van der Waals surface area contributed by atoms with Gasteiger partial charge in [-0.1, -0.05) is 60.7 Å². The van der Waals surface area contributed by atoms with E-state index in [-0.39, 0.29) is 12.4 Å². The molecule has 122 valence electrons. The van der Waals surface area contributed by atoms with Crippen LogP contribution in [-0.4, -0.2) is 48.5 Å². The second kappa shape index (κ2) is 7.05. The minimum Gasteiger partial charge on any atom is -1.00 e. The molecule has 0 N–H and O–H groups in total. The highest BCUT2D eigenvalue weighted by Gasteiger charge is 2.48. The third-order valence-electron chi connectivity index (χ3n) is 4.45. The van der Waals surface area contributed by atoms with Crippen molar-refractivity contribution in [2.45, 2.75) is 12.1 Å². The molecule has 4 heteroatoms. The molecular weight excluding hydrogens is 306 g/mol. The van der Waals surface area contributed by atoms with Gasteiger partial charge in [-0.2, -0.15) is 0 Å². The molecule has 0 amide bonds. The number of halogens is 1. The molecule has 2 atom stereocenters. The lowest BCUT2D eigenvalue weighted by Gasteiger charge is -2.21. The first-order valence-corrected chi connectivity index (χ1v) is 7.71. The molecule has 0 aliphatic carbocycles. The van der Waals surface area contributed by atoms with Crippen molar-refractivity contribution in [3.05, 3.63) is 71.8 Å². The second-order valence-electron chi connectivity index (χ2n) is 6.13. The summed E-state index contributed by atoms with van der Waals surface area (Å²) < 4.78 is 2.19. The Balaban J connectivity index is 0.00000192. The van der Waals surface area contributed by atoms with E-state index in [2.05, 4.69) is 103 Å². The van der Waals surface area contributed by atoms with E-state index in [1.165, 1.54) is 17.1 Å². The third-order valence-corrected chi connectivity index (χ3v) is 4.45. The Morgan fingerprint density at radius 2 is 1.04 bits per heavy atom. The molecule has 0 saturated carbocycles. The van der Waals surface area contributed by atoms with Gasteiger partial charge in [-0.15, -0.1) is 0 Å². The van der Waals surface area contributed by atoms with Gasteiger partial charge in [0.05, 0.1) is 28.2 Å². The SMILES string of the molecule is CN1C(=[N+](C)C)N(C)[C@@H](c2ccccc2)[C@@H]1c1ccccc1.[Cl-]. The van der Waals surface area contributed by atoms with Crippen LogP contribution in [0.5, 0.6) is 0 Å². The van der Waals surface area contributed by atoms with Gasteiger partial charge in [0.15, 0.2) is 0 Å². The van der Waals surface area contributed by atoms with Gasteiger partial charge in [0.25, 0.3) is 0 Å². The Morgan fingerprint density at radius 1 is 0.696 bits per heavy atom. The van der Waals surface area contributed by atoms with Gasteiger partial charge in [-0.05, 0) is 11.1 Å². The average molecular weight is 330 g/mol. The molecule has 2 aromatic carbocycles. The number of benzene rings is 2. The summed E-state index contributed by atoms with van der Waals surface area (Å²) in [5.41, 5.74) is 2.70. The van der Waals surface area contributed by atoms with Crippen LogP contribution in [0, 0.1) is 0 Å². The molecule has 2 aromatic rings. The number of hydrogen-bond donors (Lipinski definition) is 0. The standard InChI is InChI=1S/C19H24N3.ClH/c1-20(2)19-21(3)17(15-11-7-5-8-12-15)18(22(19)4)16-13-9-6-10-14-16;/h5-14,17-18H,1-4H3;1H/q+1;/p-1/t17-,18-;/m0./s1. The molecule has 1 saturated heterocycles. The maximum Gasteiger partial charge on any atom is 0.350 e. The maximum absolute atomic E-state index is 2.38. The third kappa shape index (κ3) is 3.06. The van der Waals surface area contributed by atoms with E-state index in [0.29, 0.717) is 12.1 Å². The summed E-state index contributed by atoms with van der Waals surface area (Å²) >= 11 is 0. The van der Waals surface area contributed by atoms with E-state index < -0.39 is 0 Å². The first kappa shape index (κ1) is 17.4. The molecule has 23 heavy (non-hydrogen) atoms. The van der Waals surface area contributed by atoms with Crippen molar-refractivity contribution >= 4 is 5.96 Å². The van der Waals surface area contributed by atoms with Crippen molar-refractivity contribution in [1.29, 1.82) is 0 Å². The zero-order valence-corrected chi connectivity index (χ0v) is 14.9. The lowest BCUT2D eigenvalue weighted by atomic mass is 9.93. The Morgan fingerprint density at radius 3 is 1.35 bits per heavy atom. The fourth-order valence-electron chi connectivity index (χ4n) is 3.66. The van der Waals surface area contributed by atoms with E-state index in [1.807, 2.05) is 0 Å². The summed E-state index contributed by atoms with van der Waals surface area (Å²) in [5, 5.41) is 0. The first-order valence-electron chi connectivity index (χ1n) is 7.71. The molecule has 1 heterocycles. The predicted molar refractivity (Wildman–Crippen MR) is 91.0 cm³/mol. The number of likely N-dealkylation sites (N-methyl/N-ethyl adjacent to an activating group) is 2. The Bertz CT molecular complexity index is 612. The van der Waals surface area contributed by atoms with Crippen molar-refractivity contribution in [2.75, 3.05) is 28.2 Å². The van der Waals surface area contributed by atoms with Crippen LogP contribution in [0.1, 0.15) is 23.2 Å². The van der Waals surface area contributed by atoms with Crippen LogP contribution in [0.3, 0.4) is 0 Å². The summed E-state index contributed by atoms with van der Waals surface area (Å²) in [7, 11) is 8.59. The molecule has 0 radical (unpaired) electrons. The summed E-state index contributed by atoms with van der Waals surface area (Å²) in [5.74, 6) is 1.24. The number of guanidine groups is 1. The number of nitrogens with zero attached hydrogens (tertiary/aromatic N) is 3. The molecule has 1 fully saturated rings. The van der Waals surface area contributed by atoms with E-state index in [1.54, 1.807) is 0 Å². The normalized spacial score (nSPS) is 20.4. The molecule has 0 unspecified atom stereocenters. The summed E-state index contributed by atoms with van der Waals surface area (Å²) in [4.78, 5) is 4.76. The Labute approximate surface area is 145 Å². The van der Waals surface area contributed by atoms with Gasteiger partial charge in [0.2, 0.25) is 0 Å². The monoisotopic (exact) mass is 329 g/mol. The van der Waals surface area contributed by atoms with Crippen molar-refractivity contribution < 1.29 is 17.0 Å². The minimum absolute atomic E-state index is 0. The summed E-state index contributed by atoms with van der Waals surface area (Å²) in [6, 6.07) is 22.2. The fraction of sp³-hybridized carbons (Fsp3) is 0.316. The maximum atomic E-state index is 2.38. The smallest absolute Gasteiger partial charge is 0.350 e. The van der Waals surface area contributed by atoms with Crippen LogP contribution in [-0.2, 0) is 0 Å². The van der Waals surface area contributed by atoms with E-state index in [9.17, 15) is 0 Å². The average Bonchev–Trinajstić information content (AvgIpc) is 2.80. The Kier molecular flexibility index (Phi) is 5.32. The van der Waals surface area contributed by atoms with Crippen molar-refractivity contribution in [1.82, 2.24) is 9.80 Å². The molecule has 0 bridgehead atoms.